The van der Waals surface area contributed by atoms with E-state index in [9.17, 15) is 5.11 Å². The number of aliphatic hydroxyl groups excluding tert-OH is 1. The van der Waals surface area contributed by atoms with Crippen molar-refractivity contribution in [1.82, 2.24) is 9.55 Å². The molecule has 0 aliphatic heterocycles. The SMILES string of the molecule is OC[C@@H]1CCCC[C@H]1N=Cc1ccc(-n2ccnc2)cc1. The van der Waals surface area contributed by atoms with Gasteiger partial charge in [-0.2, -0.15) is 0 Å². The van der Waals surface area contributed by atoms with Gasteiger partial charge in [-0.3, -0.25) is 4.99 Å². The quantitative estimate of drug-likeness (QED) is 0.877. The Morgan fingerprint density at radius 2 is 2.05 bits per heavy atom. The van der Waals surface area contributed by atoms with Gasteiger partial charge in [0.25, 0.3) is 0 Å². The number of aromatic nitrogens is 2. The van der Waals surface area contributed by atoms with E-state index < -0.39 is 0 Å². The summed E-state index contributed by atoms with van der Waals surface area (Å²) < 4.78 is 1.98. The van der Waals surface area contributed by atoms with E-state index in [1.165, 1.54) is 12.8 Å². The molecule has 1 aliphatic carbocycles. The molecule has 1 aromatic carbocycles. The number of nitrogens with zero attached hydrogens (tertiary/aromatic N) is 3. The normalized spacial score (nSPS) is 22.7. The highest BCUT2D eigenvalue weighted by Crippen LogP contribution is 2.26. The lowest BCUT2D eigenvalue weighted by Gasteiger charge is -2.26. The second kappa shape index (κ2) is 6.68. The maximum Gasteiger partial charge on any atom is 0.0991 e. The van der Waals surface area contributed by atoms with Crippen LogP contribution >= 0.6 is 0 Å². The Balaban J connectivity index is 1.68. The molecule has 3 rings (SSSR count). The van der Waals surface area contributed by atoms with Gasteiger partial charge in [0.15, 0.2) is 0 Å². The second-order valence-corrected chi connectivity index (χ2v) is 5.63. The molecule has 4 nitrogen and oxygen atoms in total. The molecule has 1 aliphatic rings. The summed E-state index contributed by atoms with van der Waals surface area (Å²) in [4.78, 5) is 8.74. The molecule has 2 aromatic rings. The minimum absolute atomic E-state index is 0.252. The number of imidazole rings is 1. The van der Waals surface area contributed by atoms with Crippen molar-refractivity contribution in [2.24, 2.45) is 10.9 Å². The number of aliphatic imine (C=N–C) groups is 1. The van der Waals surface area contributed by atoms with Crippen LogP contribution in [0.1, 0.15) is 31.2 Å². The third kappa shape index (κ3) is 3.39. The first kappa shape index (κ1) is 14.0. The molecule has 0 amide bonds. The summed E-state index contributed by atoms with van der Waals surface area (Å²) >= 11 is 0. The molecule has 21 heavy (non-hydrogen) atoms. The molecule has 1 N–H and O–H groups in total. The van der Waals surface area contributed by atoms with Crippen LogP contribution in [0.4, 0.5) is 0 Å². The monoisotopic (exact) mass is 283 g/mol. The van der Waals surface area contributed by atoms with Crippen LogP contribution in [0.5, 0.6) is 0 Å². The van der Waals surface area contributed by atoms with Crippen molar-refractivity contribution in [1.29, 1.82) is 0 Å². The summed E-state index contributed by atoms with van der Waals surface area (Å²) in [6.07, 6.45) is 12.1. The van der Waals surface area contributed by atoms with Crippen LogP contribution in [0, 0.1) is 5.92 Å². The number of benzene rings is 1. The maximum atomic E-state index is 9.42. The lowest BCUT2D eigenvalue weighted by molar-refractivity contribution is 0.172. The van der Waals surface area contributed by atoms with Crippen LogP contribution in [0.15, 0.2) is 48.0 Å². The Kier molecular flexibility index (Phi) is 4.46. The summed E-state index contributed by atoms with van der Waals surface area (Å²) in [5.74, 6) is 0.334. The number of hydrogen-bond donors (Lipinski definition) is 1. The number of hydrogen-bond acceptors (Lipinski definition) is 3. The maximum absolute atomic E-state index is 9.42. The van der Waals surface area contributed by atoms with Crippen LogP contribution in [0.2, 0.25) is 0 Å². The molecule has 4 heteroatoms. The fourth-order valence-electron chi connectivity index (χ4n) is 2.92. The molecule has 0 unspecified atom stereocenters. The highest BCUT2D eigenvalue weighted by molar-refractivity contribution is 5.80. The van der Waals surface area contributed by atoms with E-state index in [-0.39, 0.29) is 12.6 Å². The fourth-order valence-corrected chi connectivity index (χ4v) is 2.92. The largest absolute Gasteiger partial charge is 0.396 e. The van der Waals surface area contributed by atoms with Gasteiger partial charge in [0, 0.05) is 36.8 Å². The minimum Gasteiger partial charge on any atom is -0.396 e. The molecule has 1 fully saturated rings. The Morgan fingerprint density at radius 3 is 2.76 bits per heavy atom. The van der Waals surface area contributed by atoms with Gasteiger partial charge in [-0.1, -0.05) is 25.0 Å². The molecule has 1 aromatic heterocycles. The van der Waals surface area contributed by atoms with Gasteiger partial charge in [0.1, 0.15) is 0 Å². The predicted molar refractivity (Wildman–Crippen MR) is 84.0 cm³/mol. The number of aliphatic hydroxyl groups is 1. The van der Waals surface area contributed by atoms with Gasteiger partial charge in [-0.05, 0) is 30.5 Å². The molecule has 0 spiro atoms. The predicted octanol–water partition coefficient (Wildman–Crippen LogP) is 2.84. The Bertz CT molecular complexity index is 575. The molecule has 0 radical (unpaired) electrons. The zero-order valence-corrected chi connectivity index (χ0v) is 12.1. The molecular weight excluding hydrogens is 262 g/mol. The van der Waals surface area contributed by atoms with E-state index in [0.29, 0.717) is 5.92 Å². The van der Waals surface area contributed by atoms with Gasteiger partial charge in [0.05, 0.1) is 12.4 Å². The lowest BCUT2D eigenvalue weighted by atomic mass is 9.85. The Labute approximate surface area is 125 Å². The molecule has 1 saturated carbocycles. The third-order valence-electron chi connectivity index (χ3n) is 4.21. The topological polar surface area (TPSA) is 50.4 Å². The van der Waals surface area contributed by atoms with E-state index >= 15 is 0 Å². The Morgan fingerprint density at radius 1 is 1.24 bits per heavy atom. The van der Waals surface area contributed by atoms with Crippen LogP contribution in [-0.4, -0.2) is 33.5 Å². The zero-order valence-electron chi connectivity index (χ0n) is 12.1. The summed E-state index contributed by atoms with van der Waals surface area (Å²) in [6, 6.07) is 8.53. The Hall–Kier alpha value is -1.94. The van der Waals surface area contributed by atoms with Crippen molar-refractivity contribution in [2.45, 2.75) is 31.7 Å². The van der Waals surface area contributed by atoms with E-state index in [1.807, 2.05) is 17.0 Å². The van der Waals surface area contributed by atoms with E-state index in [1.54, 1.807) is 12.5 Å². The van der Waals surface area contributed by atoms with E-state index in [4.69, 9.17) is 4.99 Å². The lowest BCUT2D eigenvalue weighted by Crippen LogP contribution is -2.26. The average Bonchev–Trinajstić information content (AvgIpc) is 3.08. The van der Waals surface area contributed by atoms with Gasteiger partial charge in [0.2, 0.25) is 0 Å². The second-order valence-electron chi connectivity index (χ2n) is 5.63. The summed E-state index contributed by atoms with van der Waals surface area (Å²) in [5, 5.41) is 9.42. The van der Waals surface area contributed by atoms with Crippen molar-refractivity contribution in [2.75, 3.05) is 6.61 Å². The van der Waals surface area contributed by atoms with Gasteiger partial charge < -0.3 is 9.67 Å². The van der Waals surface area contributed by atoms with Gasteiger partial charge >= 0.3 is 0 Å². The van der Waals surface area contributed by atoms with Crippen LogP contribution in [-0.2, 0) is 0 Å². The minimum atomic E-state index is 0.252. The summed E-state index contributed by atoms with van der Waals surface area (Å²) in [7, 11) is 0. The summed E-state index contributed by atoms with van der Waals surface area (Å²) in [5.41, 5.74) is 2.19. The van der Waals surface area contributed by atoms with Gasteiger partial charge in [-0.15, -0.1) is 0 Å². The smallest absolute Gasteiger partial charge is 0.0991 e. The highest BCUT2D eigenvalue weighted by atomic mass is 16.3. The fraction of sp³-hybridized carbons (Fsp3) is 0.412. The standard InChI is InChI=1S/C17H21N3O/c21-12-15-3-1-2-4-17(15)19-11-14-5-7-16(8-6-14)20-10-9-18-13-20/h5-11,13,15,17,21H,1-4,12H2/t15-,17+/m0/s1. The first-order valence-corrected chi connectivity index (χ1v) is 7.59. The molecule has 1 heterocycles. The van der Waals surface area contributed by atoms with Crippen LogP contribution in [0.25, 0.3) is 5.69 Å². The first-order valence-electron chi connectivity index (χ1n) is 7.59. The van der Waals surface area contributed by atoms with Crippen LogP contribution in [0.3, 0.4) is 0 Å². The van der Waals surface area contributed by atoms with Crippen molar-refractivity contribution in [3.8, 4) is 5.69 Å². The molecular formula is C17H21N3O. The third-order valence-corrected chi connectivity index (χ3v) is 4.21. The molecule has 110 valence electrons. The molecule has 0 saturated heterocycles. The van der Waals surface area contributed by atoms with Crippen molar-refractivity contribution >= 4 is 6.21 Å². The van der Waals surface area contributed by atoms with E-state index in [0.717, 1.165) is 24.1 Å². The van der Waals surface area contributed by atoms with E-state index in [2.05, 4.69) is 29.2 Å². The van der Waals surface area contributed by atoms with Crippen molar-refractivity contribution in [3.05, 3.63) is 48.5 Å². The molecule has 0 bridgehead atoms. The highest BCUT2D eigenvalue weighted by Gasteiger charge is 2.23. The first-order chi connectivity index (χ1) is 10.4. The van der Waals surface area contributed by atoms with Crippen molar-refractivity contribution in [3.63, 3.8) is 0 Å². The zero-order chi connectivity index (χ0) is 14.5. The number of rotatable bonds is 4. The van der Waals surface area contributed by atoms with Crippen LogP contribution < -0.4 is 0 Å². The molecule has 2 atom stereocenters. The van der Waals surface area contributed by atoms with Crippen molar-refractivity contribution < 1.29 is 5.11 Å². The van der Waals surface area contributed by atoms with Gasteiger partial charge in [-0.25, -0.2) is 4.98 Å². The average molecular weight is 283 g/mol. The summed E-state index contributed by atoms with van der Waals surface area (Å²) in [6.45, 7) is 0.252.